The summed E-state index contributed by atoms with van der Waals surface area (Å²) in [6.45, 7) is 4.29. The fourth-order valence-corrected chi connectivity index (χ4v) is 4.53. The molecule has 0 unspecified atom stereocenters. The predicted octanol–water partition coefficient (Wildman–Crippen LogP) is 3.26. The van der Waals surface area contributed by atoms with Crippen molar-refractivity contribution in [1.82, 2.24) is 9.88 Å². The van der Waals surface area contributed by atoms with Gasteiger partial charge >= 0.3 is 0 Å². The van der Waals surface area contributed by atoms with Crippen LogP contribution in [0.3, 0.4) is 0 Å². The Morgan fingerprint density at radius 2 is 2.00 bits per heavy atom. The van der Waals surface area contributed by atoms with Crippen molar-refractivity contribution in [3.05, 3.63) is 29.3 Å². The minimum Gasteiger partial charge on any atom is -0.381 e. The van der Waals surface area contributed by atoms with Crippen LogP contribution in [0.4, 0.5) is 0 Å². The van der Waals surface area contributed by atoms with Crippen molar-refractivity contribution in [2.45, 2.75) is 31.2 Å². The number of ether oxygens (including phenoxy) is 1. The van der Waals surface area contributed by atoms with E-state index >= 15 is 0 Å². The largest absolute Gasteiger partial charge is 0.381 e. The first-order valence-corrected chi connectivity index (χ1v) is 8.39. The van der Waals surface area contributed by atoms with Gasteiger partial charge in [0.2, 0.25) is 0 Å². The van der Waals surface area contributed by atoms with Crippen molar-refractivity contribution >= 4 is 21.6 Å². The molecule has 1 aromatic heterocycles. The van der Waals surface area contributed by atoms with Gasteiger partial charge in [0.25, 0.3) is 0 Å². The molecule has 0 saturated carbocycles. The maximum absolute atomic E-state index is 5.47. The predicted molar refractivity (Wildman–Crippen MR) is 82.4 cm³/mol. The lowest BCUT2D eigenvalue weighted by Crippen LogP contribution is -2.37. The molecule has 0 bridgehead atoms. The highest BCUT2D eigenvalue weighted by molar-refractivity contribution is 7.18. The topological polar surface area (TPSA) is 25.4 Å². The Balaban J connectivity index is 1.49. The van der Waals surface area contributed by atoms with E-state index in [-0.39, 0.29) is 0 Å². The fraction of sp³-hybridized carbons (Fsp3) is 0.562. The standard InChI is InChI=1S/C16H20N2OS/c1-2-4-15-14(3-1)17-16(20-15)12-5-8-18(11-12)13-6-9-19-10-7-13/h1-4,12-13H,5-11H2/t12-/m0/s1. The third kappa shape index (κ3) is 2.36. The quantitative estimate of drug-likeness (QED) is 0.848. The molecule has 2 saturated heterocycles. The number of hydrogen-bond donors (Lipinski definition) is 0. The average Bonchev–Trinajstić information content (AvgIpc) is 3.14. The molecule has 4 rings (SSSR count). The maximum atomic E-state index is 5.47. The fourth-order valence-electron chi connectivity index (χ4n) is 3.44. The first-order chi connectivity index (χ1) is 9.90. The number of rotatable bonds is 2. The van der Waals surface area contributed by atoms with Crippen LogP contribution in [0.25, 0.3) is 10.2 Å². The number of para-hydroxylation sites is 1. The Hall–Kier alpha value is -0.970. The van der Waals surface area contributed by atoms with Gasteiger partial charge in [0.1, 0.15) is 0 Å². The molecule has 0 amide bonds. The van der Waals surface area contributed by atoms with Crippen molar-refractivity contribution in [3.8, 4) is 0 Å². The van der Waals surface area contributed by atoms with Crippen LogP contribution in [0.2, 0.25) is 0 Å². The lowest BCUT2D eigenvalue weighted by molar-refractivity contribution is 0.0419. The third-order valence-electron chi connectivity index (χ3n) is 4.59. The molecule has 0 spiro atoms. The molecule has 2 aliphatic rings. The summed E-state index contributed by atoms with van der Waals surface area (Å²) in [4.78, 5) is 7.51. The van der Waals surface area contributed by atoms with E-state index in [2.05, 4.69) is 29.2 Å². The zero-order valence-electron chi connectivity index (χ0n) is 11.6. The van der Waals surface area contributed by atoms with E-state index < -0.39 is 0 Å². The van der Waals surface area contributed by atoms with Gasteiger partial charge in [0.15, 0.2) is 0 Å². The normalized spacial score (nSPS) is 25.5. The Kier molecular flexibility index (Phi) is 3.46. The van der Waals surface area contributed by atoms with Gasteiger partial charge < -0.3 is 4.74 Å². The lowest BCUT2D eigenvalue weighted by atomic mass is 10.1. The van der Waals surface area contributed by atoms with Gasteiger partial charge in [0.05, 0.1) is 15.2 Å². The smallest absolute Gasteiger partial charge is 0.0982 e. The molecular weight excluding hydrogens is 268 g/mol. The maximum Gasteiger partial charge on any atom is 0.0982 e. The van der Waals surface area contributed by atoms with E-state index in [1.807, 2.05) is 11.3 Å². The Morgan fingerprint density at radius 1 is 1.15 bits per heavy atom. The summed E-state index contributed by atoms with van der Waals surface area (Å²) in [5.74, 6) is 0.634. The first kappa shape index (κ1) is 12.7. The van der Waals surface area contributed by atoms with Crippen LogP contribution in [0.15, 0.2) is 24.3 Å². The number of hydrogen-bond acceptors (Lipinski definition) is 4. The zero-order chi connectivity index (χ0) is 13.4. The highest BCUT2D eigenvalue weighted by Crippen LogP contribution is 2.34. The molecule has 0 aliphatic carbocycles. The molecule has 106 valence electrons. The molecule has 0 N–H and O–H groups in total. The van der Waals surface area contributed by atoms with Crippen LogP contribution in [-0.2, 0) is 4.74 Å². The third-order valence-corrected chi connectivity index (χ3v) is 5.79. The second-order valence-electron chi connectivity index (χ2n) is 5.84. The number of fused-ring (bicyclic) bond motifs is 1. The number of likely N-dealkylation sites (tertiary alicyclic amines) is 1. The van der Waals surface area contributed by atoms with Crippen LogP contribution < -0.4 is 0 Å². The lowest BCUT2D eigenvalue weighted by Gasteiger charge is -2.30. The van der Waals surface area contributed by atoms with Gasteiger partial charge in [-0.2, -0.15) is 0 Å². The molecule has 20 heavy (non-hydrogen) atoms. The number of benzene rings is 1. The Bertz CT molecular complexity index is 558. The molecule has 2 aliphatic heterocycles. The second-order valence-corrected chi connectivity index (χ2v) is 6.91. The highest BCUT2D eigenvalue weighted by Gasteiger charge is 2.31. The monoisotopic (exact) mass is 288 g/mol. The molecule has 4 heteroatoms. The summed E-state index contributed by atoms with van der Waals surface area (Å²) in [5, 5.41) is 1.33. The van der Waals surface area contributed by atoms with Gasteiger partial charge in [-0.15, -0.1) is 11.3 Å². The molecule has 0 radical (unpaired) electrons. The summed E-state index contributed by atoms with van der Waals surface area (Å²) < 4.78 is 6.80. The molecular formula is C16H20N2OS. The summed E-state index contributed by atoms with van der Waals surface area (Å²) >= 11 is 1.88. The molecule has 3 heterocycles. The van der Waals surface area contributed by atoms with Crippen molar-refractivity contribution in [3.63, 3.8) is 0 Å². The van der Waals surface area contributed by atoms with Crippen LogP contribution in [0.5, 0.6) is 0 Å². The number of aromatic nitrogens is 1. The van der Waals surface area contributed by atoms with E-state index in [4.69, 9.17) is 9.72 Å². The van der Waals surface area contributed by atoms with Crippen molar-refractivity contribution in [1.29, 1.82) is 0 Å². The summed E-state index contributed by atoms with van der Waals surface area (Å²) in [6.07, 6.45) is 3.66. The zero-order valence-corrected chi connectivity index (χ0v) is 12.4. The van der Waals surface area contributed by atoms with Gasteiger partial charge in [-0.3, -0.25) is 4.90 Å². The van der Waals surface area contributed by atoms with E-state index in [0.29, 0.717) is 5.92 Å². The van der Waals surface area contributed by atoms with Crippen molar-refractivity contribution < 1.29 is 4.74 Å². The molecule has 3 nitrogen and oxygen atoms in total. The molecule has 1 atom stereocenters. The van der Waals surface area contributed by atoms with Gasteiger partial charge in [0, 0.05) is 31.7 Å². The van der Waals surface area contributed by atoms with Gasteiger partial charge in [-0.05, 0) is 37.9 Å². The summed E-state index contributed by atoms with van der Waals surface area (Å²) in [6, 6.07) is 9.23. The summed E-state index contributed by atoms with van der Waals surface area (Å²) in [5.41, 5.74) is 1.16. The summed E-state index contributed by atoms with van der Waals surface area (Å²) in [7, 11) is 0. The number of nitrogens with zero attached hydrogens (tertiary/aromatic N) is 2. The molecule has 1 aromatic carbocycles. The first-order valence-electron chi connectivity index (χ1n) is 7.57. The SMILES string of the molecule is c1ccc2sc([C@H]3CCN(C4CCOCC4)C3)nc2c1. The van der Waals surface area contributed by atoms with Gasteiger partial charge in [-0.25, -0.2) is 4.98 Å². The minimum atomic E-state index is 0.634. The Labute approximate surface area is 123 Å². The second kappa shape index (κ2) is 5.43. The van der Waals surface area contributed by atoms with Crippen molar-refractivity contribution in [2.24, 2.45) is 0 Å². The van der Waals surface area contributed by atoms with Crippen LogP contribution in [-0.4, -0.2) is 42.2 Å². The number of thiazole rings is 1. The van der Waals surface area contributed by atoms with Crippen molar-refractivity contribution in [2.75, 3.05) is 26.3 Å². The average molecular weight is 288 g/mol. The van der Waals surface area contributed by atoms with Crippen LogP contribution >= 0.6 is 11.3 Å². The van der Waals surface area contributed by atoms with Crippen LogP contribution in [0, 0.1) is 0 Å². The molecule has 2 fully saturated rings. The van der Waals surface area contributed by atoms with E-state index in [1.165, 1.54) is 42.1 Å². The van der Waals surface area contributed by atoms with E-state index in [1.54, 1.807) is 0 Å². The molecule has 2 aromatic rings. The van der Waals surface area contributed by atoms with E-state index in [9.17, 15) is 0 Å². The minimum absolute atomic E-state index is 0.634. The van der Waals surface area contributed by atoms with Crippen LogP contribution in [0.1, 0.15) is 30.2 Å². The Morgan fingerprint density at radius 3 is 2.85 bits per heavy atom. The highest BCUT2D eigenvalue weighted by atomic mass is 32.1. The van der Waals surface area contributed by atoms with Gasteiger partial charge in [-0.1, -0.05) is 12.1 Å². The van der Waals surface area contributed by atoms with E-state index in [0.717, 1.165) is 24.8 Å².